The first-order valence-corrected chi connectivity index (χ1v) is 5.47. The standard InChI is InChI=1S/C11H22N2O3.ClH/c1-5-6-8(12)9(14)13-7-11(2,3)10(15)16-4;/h8H,5-7,12H2,1-4H3,(H,13,14);1H. The Labute approximate surface area is 109 Å². The zero-order chi connectivity index (χ0) is 12.8. The highest BCUT2D eigenvalue weighted by Gasteiger charge is 2.29. The second-order valence-electron chi connectivity index (χ2n) is 4.49. The van der Waals surface area contributed by atoms with Crippen molar-refractivity contribution < 1.29 is 14.3 Å². The van der Waals surface area contributed by atoms with Crippen LogP contribution in [0.2, 0.25) is 0 Å². The first kappa shape index (κ1) is 18.6. The third-order valence-electron chi connectivity index (χ3n) is 2.38. The monoisotopic (exact) mass is 266 g/mol. The molecule has 0 spiro atoms. The highest BCUT2D eigenvalue weighted by Crippen LogP contribution is 2.15. The van der Waals surface area contributed by atoms with Crippen LogP contribution in [0.1, 0.15) is 33.6 Å². The molecule has 0 aliphatic carbocycles. The van der Waals surface area contributed by atoms with E-state index in [1.165, 1.54) is 7.11 Å². The molecule has 0 aliphatic rings. The quantitative estimate of drug-likeness (QED) is 0.699. The molecule has 102 valence electrons. The van der Waals surface area contributed by atoms with Gasteiger partial charge in [0.05, 0.1) is 18.6 Å². The summed E-state index contributed by atoms with van der Waals surface area (Å²) in [6.07, 6.45) is 1.50. The van der Waals surface area contributed by atoms with E-state index in [-0.39, 0.29) is 30.8 Å². The number of nitrogens with two attached hydrogens (primary N) is 1. The van der Waals surface area contributed by atoms with Crippen LogP contribution in [0.25, 0.3) is 0 Å². The summed E-state index contributed by atoms with van der Waals surface area (Å²) in [5, 5.41) is 2.66. The van der Waals surface area contributed by atoms with Crippen molar-refractivity contribution in [2.24, 2.45) is 11.1 Å². The number of halogens is 1. The van der Waals surface area contributed by atoms with Gasteiger partial charge in [-0.3, -0.25) is 9.59 Å². The van der Waals surface area contributed by atoms with Crippen LogP contribution in [0.15, 0.2) is 0 Å². The molecule has 3 N–H and O–H groups in total. The van der Waals surface area contributed by atoms with Gasteiger partial charge in [0.2, 0.25) is 5.91 Å². The molecule has 1 amide bonds. The maximum atomic E-state index is 11.5. The lowest BCUT2D eigenvalue weighted by Gasteiger charge is -2.22. The Kier molecular flexibility index (Phi) is 9.06. The Morgan fingerprint density at radius 2 is 1.94 bits per heavy atom. The molecule has 0 rings (SSSR count). The van der Waals surface area contributed by atoms with Gasteiger partial charge in [0.1, 0.15) is 0 Å². The van der Waals surface area contributed by atoms with Crippen molar-refractivity contribution in [3.63, 3.8) is 0 Å². The largest absolute Gasteiger partial charge is 0.469 e. The van der Waals surface area contributed by atoms with Gasteiger partial charge in [0.25, 0.3) is 0 Å². The molecular formula is C11H23ClN2O3. The summed E-state index contributed by atoms with van der Waals surface area (Å²) >= 11 is 0. The molecule has 17 heavy (non-hydrogen) atoms. The molecule has 0 aromatic carbocycles. The zero-order valence-electron chi connectivity index (χ0n) is 10.9. The first-order chi connectivity index (χ1) is 7.35. The molecule has 6 heteroatoms. The molecule has 1 unspecified atom stereocenters. The summed E-state index contributed by atoms with van der Waals surface area (Å²) in [6.45, 7) is 5.62. The van der Waals surface area contributed by atoms with Crippen molar-refractivity contribution in [1.29, 1.82) is 0 Å². The Morgan fingerprint density at radius 3 is 2.35 bits per heavy atom. The van der Waals surface area contributed by atoms with Crippen molar-refractivity contribution in [1.82, 2.24) is 5.32 Å². The summed E-state index contributed by atoms with van der Waals surface area (Å²) in [5.74, 6) is -0.573. The lowest BCUT2D eigenvalue weighted by molar-refractivity contribution is -0.150. The van der Waals surface area contributed by atoms with E-state index in [0.717, 1.165) is 6.42 Å². The van der Waals surface area contributed by atoms with E-state index in [2.05, 4.69) is 10.1 Å². The summed E-state index contributed by atoms with van der Waals surface area (Å²) in [5.41, 5.74) is 4.91. The summed E-state index contributed by atoms with van der Waals surface area (Å²) < 4.78 is 4.63. The van der Waals surface area contributed by atoms with Crippen molar-refractivity contribution in [3.05, 3.63) is 0 Å². The van der Waals surface area contributed by atoms with Gasteiger partial charge >= 0.3 is 5.97 Å². The number of amides is 1. The van der Waals surface area contributed by atoms with Crippen LogP contribution in [-0.4, -0.2) is 31.6 Å². The number of carbonyl (C=O) groups excluding carboxylic acids is 2. The van der Waals surface area contributed by atoms with Crippen LogP contribution in [0, 0.1) is 5.41 Å². The molecule has 1 atom stereocenters. The first-order valence-electron chi connectivity index (χ1n) is 5.47. The molecule has 0 bridgehead atoms. The molecular weight excluding hydrogens is 244 g/mol. The van der Waals surface area contributed by atoms with Gasteiger partial charge in [0, 0.05) is 6.54 Å². The van der Waals surface area contributed by atoms with Crippen molar-refractivity contribution in [2.45, 2.75) is 39.7 Å². The summed E-state index contributed by atoms with van der Waals surface area (Å²) in [4.78, 5) is 22.8. The second kappa shape index (κ2) is 8.31. The van der Waals surface area contributed by atoms with Gasteiger partial charge in [-0.15, -0.1) is 12.4 Å². The Balaban J connectivity index is 0. The van der Waals surface area contributed by atoms with Gasteiger partial charge in [-0.1, -0.05) is 13.3 Å². The predicted molar refractivity (Wildman–Crippen MR) is 68.9 cm³/mol. The number of nitrogens with one attached hydrogen (secondary N) is 1. The van der Waals surface area contributed by atoms with Crippen LogP contribution in [-0.2, 0) is 14.3 Å². The normalized spacial score (nSPS) is 12.3. The third kappa shape index (κ3) is 6.48. The average molecular weight is 267 g/mol. The van der Waals surface area contributed by atoms with Crippen LogP contribution in [0.3, 0.4) is 0 Å². The number of esters is 1. The molecule has 0 aliphatic heterocycles. The minimum absolute atomic E-state index is 0. The predicted octanol–water partition coefficient (Wildman–Crippen LogP) is 0.851. The van der Waals surface area contributed by atoms with E-state index in [9.17, 15) is 9.59 Å². The minimum Gasteiger partial charge on any atom is -0.469 e. The fraction of sp³-hybridized carbons (Fsp3) is 0.818. The number of ether oxygens (including phenoxy) is 1. The maximum Gasteiger partial charge on any atom is 0.313 e. The number of hydrogen-bond acceptors (Lipinski definition) is 4. The van der Waals surface area contributed by atoms with E-state index >= 15 is 0 Å². The molecule has 0 aromatic rings. The van der Waals surface area contributed by atoms with Crippen LogP contribution < -0.4 is 11.1 Å². The van der Waals surface area contributed by atoms with Gasteiger partial charge in [-0.25, -0.2) is 0 Å². The highest BCUT2D eigenvalue weighted by molar-refractivity contribution is 5.85. The van der Waals surface area contributed by atoms with E-state index in [1.807, 2.05) is 6.92 Å². The maximum absolute atomic E-state index is 11.5. The van der Waals surface area contributed by atoms with E-state index < -0.39 is 11.5 Å². The lowest BCUT2D eigenvalue weighted by Crippen LogP contribution is -2.46. The highest BCUT2D eigenvalue weighted by atomic mass is 35.5. The Hall–Kier alpha value is -0.810. The van der Waals surface area contributed by atoms with E-state index in [4.69, 9.17) is 5.73 Å². The minimum atomic E-state index is -0.726. The molecule has 0 fully saturated rings. The fourth-order valence-electron chi connectivity index (χ4n) is 1.23. The van der Waals surface area contributed by atoms with Gasteiger partial charge in [-0.2, -0.15) is 0 Å². The molecule has 0 aromatic heterocycles. The summed E-state index contributed by atoms with van der Waals surface area (Å²) in [6, 6.07) is -0.501. The van der Waals surface area contributed by atoms with Crippen LogP contribution in [0.4, 0.5) is 0 Å². The van der Waals surface area contributed by atoms with Gasteiger partial charge < -0.3 is 15.8 Å². The Bertz CT molecular complexity index is 257. The number of carbonyl (C=O) groups is 2. The lowest BCUT2D eigenvalue weighted by atomic mass is 9.93. The van der Waals surface area contributed by atoms with Crippen molar-refractivity contribution in [2.75, 3.05) is 13.7 Å². The second-order valence-corrected chi connectivity index (χ2v) is 4.49. The van der Waals surface area contributed by atoms with Crippen LogP contribution >= 0.6 is 12.4 Å². The molecule has 0 heterocycles. The molecule has 0 saturated carbocycles. The SMILES string of the molecule is CCCC(N)C(=O)NCC(C)(C)C(=O)OC.Cl. The van der Waals surface area contributed by atoms with Crippen molar-refractivity contribution in [3.8, 4) is 0 Å². The van der Waals surface area contributed by atoms with E-state index in [0.29, 0.717) is 6.42 Å². The number of rotatable bonds is 6. The third-order valence-corrected chi connectivity index (χ3v) is 2.38. The number of hydrogen-bond donors (Lipinski definition) is 2. The number of methoxy groups -OCH3 is 1. The van der Waals surface area contributed by atoms with Gasteiger partial charge in [-0.05, 0) is 20.3 Å². The van der Waals surface area contributed by atoms with Crippen LogP contribution in [0.5, 0.6) is 0 Å². The summed E-state index contributed by atoms with van der Waals surface area (Å²) in [7, 11) is 1.33. The molecule has 0 saturated heterocycles. The Morgan fingerprint density at radius 1 is 1.41 bits per heavy atom. The van der Waals surface area contributed by atoms with Crippen molar-refractivity contribution >= 4 is 24.3 Å². The van der Waals surface area contributed by atoms with Gasteiger partial charge in [0.15, 0.2) is 0 Å². The average Bonchev–Trinajstić information content (AvgIpc) is 2.25. The molecule has 0 radical (unpaired) electrons. The zero-order valence-corrected chi connectivity index (χ0v) is 11.7. The fourth-order valence-corrected chi connectivity index (χ4v) is 1.23. The smallest absolute Gasteiger partial charge is 0.313 e. The molecule has 5 nitrogen and oxygen atoms in total. The topological polar surface area (TPSA) is 81.4 Å². The van der Waals surface area contributed by atoms with E-state index in [1.54, 1.807) is 13.8 Å².